The molecule has 1 saturated heterocycles. The molecule has 5 heteroatoms. The minimum absolute atomic E-state index is 0.117. The lowest BCUT2D eigenvalue weighted by Gasteiger charge is -2.25. The van der Waals surface area contributed by atoms with Gasteiger partial charge in [-0.25, -0.2) is 0 Å². The van der Waals surface area contributed by atoms with Gasteiger partial charge in [0.15, 0.2) is 0 Å². The molecule has 1 aliphatic rings. The highest BCUT2D eigenvalue weighted by atomic mass is 32.1. The second-order valence-electron chi connectivity index (χ2n) is 3.89. The largest absolute Gasteiger partial charge is 0.377 e. The number of rotatable bonds is 2. The highest BCUT2D eigenvalue weighted by Crippen LogP contribution is 2.27. The minimum Gasteiger partial charge on any atom is -0.377 e. The number of nitrogens with zero attached hydrogens (tertiary/aromatic N) is 2. The Labute approximate surface area is 87.5 Å². The second-order valence-corrected chi connectivity index (χ2v) is 5.15. The zero-order valence-electron chi connectivity index (χ0n) is 8.49. The third-order valence-electron chi connectivity index (χ3n) is 2.79. The third-order valence-corrected chi connectivity index (χ3v) is 3.63. The highest BCUT2D eigenvalue weighted by Gasteiger charge is 2.38. The van der Waals surface area contributed by atoms with E-state index in [4.69, 9.17) is 10.5 Å². The van der Waals surface area contributed by atoms with E-state index in [1.165, 1.54) is 0 Å². The van der Waals surface area contributed by atoms with Gasteiger partial charge in [0, 0.05) is 13.0 Å². The third kappa shape index (κ3) is 1.80. The zero-order chi connectivity index (χ0) is 10.2. The van der Waals surface area contributed by atoms with Crippen LogP contribution >= 0.6 is 11.3 Å². The quantitative estimate of drug-likeness (QED) is 0.792. The van der Waals surface area contributed by atoms with Gasteiger partial charge in [0.1, 0.15) is 10.0 Å². The molecule has 1 aromatic heterocycles. The molecule has 14 heavy (non-hydrogen) atoms. The van der Waals surface area contributed by atoms with E-state index in [-0.39, 0.29) is 11.6 Å². The van der Waals surface area contributed by atoms with Crippen LogP contribution < -0.4 is 5.73 Å². The van der Waals surface area contributed by atoms with E-state index < -0.39 is 0 Å². The first kappa shape index (κ1) is 10.0. The van der Waals surface area contributed by atoms with Crippen molar-refractivity contribution >= 4 is 11.3 Å². The van der Waals surface area contributed by atoms with Gasteiger partial charge in [-0.2, -0.15) is 0 Å². The Hall–Kier alpha value is -0.520. The van der Waals surface area contributed by atoms with Crippen molar-refractivity contribution in [3.05, 3.63) is 10.0 Å². The number of hydrogen-bond donors (Lipinski definition) is 1. The van der Waals surface area contributed by atoms with Crippen molar-refractivity contribution < 1.29 is 4.74 Å². The van der Waals surface area contributed by atoms with Crippen LogP contribution in [-0.2, 0) is 11.2 Å². The standard InChI is InChI=1S/C9H15N3OS/c1-6-9(10,3-4-13-6)5-8-12-11-7(2)14-8/h6H,3-5,10H2,1-2H3. The summed E-state index contributed by atoms with van der Waals surface area (Å²) in [4.78, 5) is 0. The Morgan fingerprint density at radius 3 is 2.93 bits per heavy atom. The van der Waals surface area contributed by atoms with Gasteiger partial charge < -0.3 is 10.5 Å². The van der Waals surface area contributed by atoms with Crippen molar-refractivity contribution in [1.29, 1.82) is 0 Å². The topological polar surface area (TPSA) is 61.0 Å². The summed E-state index contributed by atoms with van der Waals surface area (Å²) in [7, 11) is 0. The highest BCUT2D eigenvalue weighted by molar-refractivity contribution is 7.11. The van der Waals surface area contributed by atoms with Gasteiger partial charge in [0.2, 0.25) is 0 Å². The van der Waals surface area contributed by atoms with Crippen LogP contribution in [0, 0.1) is 6.92 Å². The average molecular weight is 213 g/mol. The molecule has 1 aromatic rings. The van der Waals surface area contributed by atoms with E-state index in [0.717, 1.165) is 29.5 Å². The molecular weight excluding hydrogens is 198 g/mol. The van der Waals surface area contributed by atoms with Crippen LogP contribution in [-0.4, -0.2) is 28.4 Å². The molecular formula is C9H15N3OS. The van der Waals surface area contributed by atoms with Crippen LogP contribution in [0.15, 0.2) is 0 Å². The molecule has 0 radical (unpaired) electrons. The van der Waals surface area contributed by atoms with Crippen LogP contribution in [0.5, 0.6) is 0 Å². The molecule has 2 unspecified atom stereocenters. The first-order valence-corrected chi connectivity index (χ1v) is 5.61. The van der Waals surface area contributed by atoms with Gasteiger partial charge in [-0.15, -0.1) is 21.5 Å². The van der Waals surface area contributed by atoms with E-state index >= 15 is 0 Å². The fraction of sp³-hybridized carbons (Fsp3) is 0.778. The van der Waals surface area contributed by atoms with Crippen LogP contribution in [0.3, 0.4) is 0 Å². The molecule has 0 bridgehead atoms. The monoisotopic (exact) mass is 213 g/mol. The Bertz CT molecular complexity index is 328. The lowest BCUT2D eigenvalue weighted by atomic mass is 9.90. The van der Waals surface area contributed by atoms with Crippen molar-refractivity contribution in [3.8, 4) is 0 Å². The van der Waals surface area contributed by atoms with Crippen LogP contribution in [0.1, 0.15) is 23.4 Å². The predicted octanol–water partition coefficient (Wildman–Crippen LogP) is 0.895. The van der Waals surface area contributed by atoms with Gasteiger partial charge in [0.25, 0.3) is 0 Å². The molecule has 2 atom stereocenters. The zero-order valence-corrected chi connectivity index (χ0v) is 9.30. The van der Waals surface area contributed by atoms with Gasteiger partial charge in [-0.3, -0.25) is 0 Å². The van der Waals surface area contributed by atoms with Gasteiger partial charge in [-0.1, -0.05) is 0 Å². The van der Waals surface area contributed by atoms with E-state index in [1.54, 1.807) is 11.3 Å². The van der Waals surface area contributed by atoms with Crippen molar-refractivity contribution in [1.82, 2.24) is 10.2 Å². The van der Waals surface area contributed by atoms with Crippen LogP contribution in [0.2, 0.25) is 0 Å². The first-order chi connectivity index (χ1) is 6.60. The molecule has 0 aliphatic carbocycles. The molecule has 78 valence electrons. The lowest BCUT2D eigenvalue weighted by molar-refractivity contribution is 0.0954. The summed E-state index contributed by atoms with van der Waals surface area (Å²) >= 11 is 1.62. The number of ether oxygens (including phenoxy) is 1. The molecule has 2 N–H and O–H groups in total. The van der Waals surface area contributed by atoms with E-state index in [2.05, 4.69) is 10.2 Å². The maximum absolute atomic E-state index is 6.26. The SMILES string of the molecule is Cc1nnc(CC2(N)CCOC2C)s1. The summed E-state index contributed by atoms with van der Waals surface area (Å²) in [6.45, 7) is 4.75. The maximum atomic E-state index is 6.26. The molecule has 1 fully saturated rings. The summed E-state index contributed by atoms with van der Waals surface area (Å²) in [6, 6.07) is 0. The normalized spacial score (nSPS) is 32.4. The van der Waals surface area contributed by atoms with E-state index in [9.17, 15) is 0 Å². The van der Waals surface area contributed by atoms with Gasteiger partial charge >= 0.3 is 0 Å². The first-order valence-electron chi connectivity index (χ1n) is 4.80. The van der Waals surface area contributed by atoms with Crippen LogP contribution in [0.25, 0.3) is 0 Å². The predicted molar refractivity (Wildman–Crippen MR) is 55.3 cm³/mol. The average Bonchev–Trinajstić information content (AvgIpc) is 2.62. The second kappa shape index (κ2) is 3.56. The summed E-state index contributed by atoms with van der Waals surface area (Å²) in [6.07, 6.45) is 1.80. The van der Waals surface area contributed by atoms with Gasteiger partial charge in [-0.05, 0) is 20.3 Å². The Kier molecular flexibility index (Phi) is 2.55. The molecule has 0 spiro atoms. The Morgan fingerprint density at radius 2 is 2.43 bits per heavy atom. The van der Waals surface area contributed by atoms with E-state index in [0.29, 0.717) is 0 Å². The minimum atomic E-state index is -0.244. The van der Waals surface area contributed by atoms with E-state index in [1.807, 2.05) is 13.8 Å². The number of aromatic nitrogens is 2. The Morgan fingerprint density at radius 1 is 1.64 bits per heavy atom. The fourth-order valence-corrected chi connectivity index (χ4v) is 2.56. The smallest absolute Gasteiger partial charge is 0.119 e. The molecule has 0 saturated carbocycles. The Balaban J connectivity index is 2.10. The summed E-state index contributed by atoms with van der Waals surface area (Å²) < 4.78 is 5.48. The fourth-order valence-electron chi connectivity index (χ4n) is 1.72. The van der Waals surface area contributed by atoms with Crippen molar-refractivity contribution in [2.75, 3.05) is 6.61 Å². The number of nitrogens with two attached hydrogens (primary N) is 1. The number of hydrogen-bond acceptors (Lipinski definition) is 5. The van der Waals surface area contributed by atoms with Crippen molar-refractivity contribution in [2.24, 2.45) is 5.73 Å². The van der Waals surface area contributed by atoms with Crippen molar-refractivity contribution in [3.63, 3.8) is 0 Å². The molecule has 1 aliphatic heterocycles. The van der Waals surface area contributed by atoms with Crippen molar-refractivity contribution in [2.45, 2.75) is 38.3 Å². The van der Waals surface area contributed by atoms with Crippen LogP contribution in [0.4, 0.5) is 0 Å². The molecule has 2 heterocycles. The summed E-state index contributed by atoms with van der Waals surface area (Å²) in [5.74, 6) is 0. The summed E-state index contributed by atoms with van der Waals surface area (Å²) in [5, 5.41) is 10.1. The lowest BCUT2D eigenvalue weighted by Crippen LogP contribution is -2.47. The van der Waals surface area contributed by atoms with Gasteiger partial charge in [0.05, 0.1) is 11.6 Å². The molecule has 0 aromatic carbocycles. The molecule has 4 nitrogen and oxygen atoms in total. The molecule has 2 rings (SSSR count). The number of aryl methyl sites for hydroxylation is 1. The molecule has 0 amide bonds. The summed E-state index contributed by atoms with van der Waals surface area (Å²) in [5.41, 5.74) is 6.01. The maximum Gasteiger partial charge on any atom is 0.119 e.